The van der Waals surface area contributed by atoms with Crippen LogP contribution in [0.3, 0.4) is 0 Å². The predicted octanol–water partition coefficient (Wildman–Crippen LogP) is 19.4. The van der Waals surface area contributed by atoms with Crippen LogP contribution >= 0.6 is 0 Å². The molecule has 2 nitrogen and oxygen atoms in total. The van der Waals surface area contributed by atoms with Gasteiger partial charge in [-0.25, -0.2) is 0 Å². The summed E-state index contributed by atoms with van der Waals surface area (Å²) in [5.74, 6) is 0. The first-order chi connectivity index (χ1) is 37.2. The summed E-state index contributed by atoms with van der Waals surface area (Å²) in [6.45, 7) is 0. The highest BCUT2D eigenvalue weighted by atomic mass is 15.1. The zero-order chi connectivity index (χ0) is 49.5. The Hall–Kier alpha value is -9.76. The second kappa shape index (κ2) is 17.2. The van der Waals surface area contributed by atoms with Crippen molar-refractivity contribution in [2.24, 2.45) is 0 Å². The zero-order valence-electron chi connectivity index (χ0n) is 41.1. The van der Waals surface area contributed by atoms with Crippen molar-refractivity contribution in [2.75, 3.05) is 4.90 Å². The first kappa shape index (κ1) is 42.9. The molecule has 1 aliphatic carbocycles. The fourth-order valence-corrected chi connectivity index (χ4v) is 12.7. The Kier molecular flexibility index (Phi) is 9.83. The van der Waals surface area contributed by atoms with Crippen LogP contribution in [0, 0.1) is 0 Å². The van der Waals surface area contributed by atoms with Crippen molar-refractivity contribution in [3.8, 4) is 39.1 Å². The molecule has 0 saturated carbocycles. The van der Waals surface area contributed by atoms with E-state index < -0.39 is 5.41 Å². The lowest BCUT2D eigenvalue weighted by Crippen LogP contribution is -2.28. The number of aromatic nitrogens is 1. The molecule has 0 fully saturated rings. The number of anilines is 3. The van der Waals surface area contributed by atoms with Crippen LogP contribution < -0.4 is 4.90 Å². The molecule has 0 atom stereocenters. The number of nitrogens with zero attached hydrogens (tertiary/aromatic N) is 2. The summed E-state index contributed by atoms with van der Waals surface area (Å²) in [7, 11) is 0. The average Bonchev–Trinajstić information content (AvgIpc) is 4.01. The molecule has 0 amide bonds. The number of hydrogen-bond acceptors (Lipinski definition) is 1. The van der Waals surface area contributed by atoms with Gasteiger partial charge in [-0.1, -0.05) is 231 Å². The summed E-state index contributed by atoms with van der Waals surface area (Å²) in [5, 5.41) is 10.0. The highest BCUT2D eigenvalue weighted by Crippen LogP contribution is 2.57. The van der Waals surface area contributed by atoms with Gasteiger partial charge in [-0.2, -0.15) is 0 Å². The molecule has 0 spiro atoms. The first-order valence-corrected chi connectivity index (χ1v) is 26.0. The number of hydrogen-bond donors (Lipinski definition) is 0. The number of para-hydroxylation sites is 1. The van der Waals surface area contributed by atoms with Crippen molar-refractivity contribution in [2.45, 2.75) is 5.41 Å². The molecule has 0 unspecified atom stereocenters. The Morgan fingerprint density at radius 1 is 0.280 bits per heavy atom. The molecule has 75 heavy (non-hydrogen) atoms. The van der Waals surface area contributed by atoms with Gasteiger partial charge in [0.2, 0.25) is 0 Å². The van der Waals surface area contributed by atoms with Crippen LogP contribution in [0.5, 0.6) is 0 Å². The molecular weight excluding hydrogens is 905 g/mol. The maximum atomic E-state index is 2.47. The van der Waals surface area contributed by atoms with Gasteiger partial charge in [0.25, 0.3) is 0 Å². The molecule has 1 aromatic heterocycles. The van der Waals surface area contributed by atoms with Crippen molar-refractivity contribution < 1.29 is 0 Å². The van der Waals surface area contributed by atoms with Crippen LogP contribution in [0.4, 0.5) is 17.1 Å². The smallest absolute Gasteiger partial charge is 0.0714 e. The maximum absolute atomic E-state index is 2.47. The molecule has 350 valence electrons. The highest BCUT2D eigenvalue weighted by Gasteiger charge is 2.46. The van der Waals surface area contributed by atoms with Gasteiger partial charge in [-0.05, 0) is 143 Å². The minimum atomic E-state index is -0.534. The molecular formula is C73H48N2. The fourth-order valence-electron chi connectivity index (χ4n) is 12.7. The third kappa shape index (κ3) is 6.66. The molecule has 0 bridgehead atoms. The van der Waals surface area contributed by atoms with Crippen LogP contribution in [-0.2, 0) is 5.41 Å². The molecule has 2 heteroatoms. The Morgan fingerprint density at radius 3 is 1.53 bits per heavy atom. The van der Waals surface area contributed by atoms with E-state index in [2.05, 4.69) is 301 Å². The lowest BCUT2D eigenvalue weighted by Gasteiger charge is -2.35. The number of benzene rings is 13. The maximum Gasteiger partial charge on any atom is 0.0714 e. The minimum Gasteiger partial charge on any atom is -0.310 e. The minimum absolute atomic E-state index is 0.534. The summed E-state index contributed by atoms with van der Waals surface area (Å²) >= 11 is 0. The Morgan fingerprint density at radius 2 is 0.813 bits per heavy atom. The van der Waals surface area contributed by atoms with Crippen LogP contribution in [-0.4, -0.2) is 4.57 Å². The number of rotatable bonds is 8. The van der Waals surface area contributed by atoms with Gasteiger partial charge < -0.3 is 9.47 Å². The molecule has 0 N–H and O–H groups in total. The quantitative estimate of drug-likeness (QED) is 0.138. The SMILES string of the molecule is c1ccc(-n2c3cc(-c4ccc(N(c5ccc(-c6cc7ccccc7c7ccccc67)cc5)c5ccc6c(c5)C(c5ccccc5)(c5ccccc5)c5ccccc5-6)cc4)ccc3c3ccc4ccccc4c32)cc1. The van der Waals surface area contributed by atoms with Gasteiger partial charge in [0.1, 0.15) is 0 Å². The van der Waals surface area contributed by atoms with Gasteiger partial charge in [0, 0.05) is 38.9 Å². The van der Waals surface area contributed by atoms with Gasteiger partial charge >= 0.3 is 0 Å². The Balaban J connectivity index is 0.907. The molecule has 0 aliphatic heterocycles. The normalized spacial score (nSPS) is 12.6. The summed E-state index contributed by atoms with van der Waals surface area (Å²) in [6.07, 6.45) is 0. The third-order valence-electron chi connectivity index (χ3n) is 16.0. The number of fused-ring (bicyclic) bond motifs is 11. The lowest BCUT2D eigenvalue weighted by atomic mass is 9.67. The van der Waals surface area contributed by atoms with Crippen molar-refractivity contribution in [1.82, 2.24) is 4.57 Å². The van der Waals surface area contributed by atoms with E-state index in [0.29, 0.717) is 0 Å². The monoisotopic (exact) mass is 952 g/mol. The van der Waals surface area contributed by atoms with Crippen molar-refractivity contribution >= 4 is 71.2 Å². The van der Waals surface area contributed by atoms with E-state index in [4.69, 9.17) is 0 Å². The van der Waals surface area contributed by atoms with Crippen LogP contribution in [0.15, 0.2) is 291 Å². The largest absolute Gasteiger partial charge is 0.310 e. The summed E-state index contributed by atoms with van der Waals surface area (Å²) in [6, 6.07) is 108. The molecule has 14 aromatic rings. The van der Waals surface area contributed by atoms with Crippen molar-refractivity contribution in [3.05, 3.63) is 313 Å². The third-order valence-corrected chi connectivity index (χ3v) is 16.0. The summed E-state index contributed by atoms with van der Waals surface area (Å²) < 4.78 is 2.45. The van der Waals surface area contributed by atoms with Gasteiger partial charge in [-0.15, -0.1) is 0 Å². The van der Waals surface area contributed by atoms with E-state index in [0.717, 1.165) is 28.3 Å². The first-order valence-electron chi connectivity index (χ1n) is 26.0. The van der Waals surface area contributed by atoms with Crippen LogP contribution in [0.1, 0.15) is 22.3 Å². The second-order valence-electron chi connectivity index (χ2n) is 20.0. The van der Waals surface area contributed by atoms with E-state index in [9.17, 15) is 0 Å². The van der Waals surface area contributed by atoms with Crippen molar-refractivity contribution in [3.63, 3.8) is 0 Å². The van der Waals surface area contributed by atoms with Gasteiger partial charge in [0.05, 0.1) is 16.4 Å². The van der Waals surface area contributed by atoms with E-state index in [1.165, 1.54) is 104 Å². The van der Waals surface area contributed by atoms with Crippen molar-refractivity contribution in [1.29, 1.82) is 0 Å². The molecule has 1 aliphatic rings. The van der Waals surface area contributed by atoms with E-state index in [1.54, 1.807) is 0 Å². The fraction of sp³-hybridized carbons (Fsp3) is 0.0137. The topological polar surface area (TPSA) is 8.17 Å². The molecule has 1 heterocycles. The van der Waals surface area contributed by atoms with Gasteiger partial charge in [-0.3, -0.25) is 0 Å². The molecule has 0 radical (unpaired) electrons. The van der Waals surface area contributed by atoms with E-state index in [1.807, 2.05) is 0 Å². The Bertz CT molecular complexity index is 4460. The molecule has 13 aromatic carbocycles. The van der Waals surface area contributed by atoms with E-state index in [-0.39, 0.29) is 0 Å². The highest BCUT2D eigenvalue weighted by molar-refractivity contribution is 6.19. The average molecular weight is 953 g/mol. The lowest BCUT2D eigenvalue weighted by molar-refractivity contribution is 0.768. The predicted molar refractivity (Wildman–Crippen MR) is 316 cm³/mol. The van der Waals surface area contributed by atoms with Crippen LogP contribution in [0.2, 0.25) is 0 Å². The van der Waals surface area contributed by atoms with Crippen LogP contribution in [0.25, 0.3) is 93.2 Å². The van der Waals surface area contributed by atoms with Gasteiger partial charge in [0.15, 0.2) is 0 Å². The second-order valence-corrected chi connectivity index (χ2v) is 20.0. The standard InChI is InChI=1S/C73H48N2/c1-4-20-54(21-5-1)73(55-22-6-2-7-23-55)69-31-17-16-30-64(69)65-45-42-59(48-70(65)73)74(58-40-34-51(35-41-58)68-46-53-19-11-12-26-60(53)62-28-14-15-29-63(62)68)57-38-32-49(33-39-57)52-37-43-66-67-44-36-50-18-10-13-27-61(50)72(67)75(71(66)47-52)56-24-8-3-9-25-56/h1-48H. The van der Waals surface area contributed by atoms with E-state index >= 15 is 0 Å². The Labute approximate surface area is 436 Å². The summed E-state index contributed by atoms with van der Waals surface area (Å²) in [4.78, 5) is 2.44. The zero-order valence-corrected chi connectivity index (χ0v) is 41.1. The summed E-state index contributed by atoms with van der Waals surface area (Å²) in [5.41, 5.74) is 18.6. The molecule has 15 rings (SSSR count). The molecule has 0 saturated heterocycles.